The van der Waals surface area contributed by atoms with E-state index in [1.54, 1.807) is 12.1 Å². The van der Waals surface area contributed by atoms with E-state index in [9.17, 15) is 9.90 Å². The summed E-state index contributed by atoms with van der Waals surface area (Å²) >= 11 is 0. The molecule has 22 heavy (non-hydrogen) atoms. The normalized spacial score (nSPS) is 10.4. The van der Waals surface area contributed by atoms with Crippen molar-refractivity contribution in [3.63, 3.8) is 0 Å². The van der Waals surface area contributed by atoms with Gasteiger partial charge in [-0.3, -0.25) is 9.69 Å². The summed E-state index contributed by atoms with van der Waals surface area (Å²) in [5, 5.41) is 18.1. The van der Waals surface area contributed by atoms with Crippen molar-refractivity contribution in [1.29, 1.82) is 5.26 Å². The second kappa shape index (κ2) is 7.25. The second-order valence-electron chi connectivity index (χ2n) is 4.87. The Morgan fingerprint density at radius 2 is 2.18 bits per heavy atom. The smallest absolute Gasteiger partial charge is 0.226 e. The molecule has 2 aromatic rings. The lowest BCUT2D eigenvalue weighted by atomic mass is 10.1. The SMILES string of the molecule is C=CCN(Cc1cccc(C#N)c1)Cc1cc(=O)c(O)co1. The number of hydrogen-bond donors (Lipinski definition) is 1. The molecule has 1 aromatic carbocycles. The van der Waals surface area contributed by atoms with Gasteiger partial charge in [0.15, 0.2) is 5.75 Å². The lowest BCUT2D eigenvalue weighted by Crippen LogP contribution is -2.23. The van der Waals surface area contributed by atoms with Crippen LogP contribution in [0.15, 0.2) is 58.5 Å². The molecular formula is C17H16N2O3. The topological polar surface area (TPSA) is 77.5 Å². The Hall–Kier alpha value is -2.84. The maximum Gasteiger partial charge on any atom is 0.226 e. The summed E-state index contributed by atoms with van der Waals surface area (Å²) in [6.45, 7) is 5.31. The van der Waals surface area contributed by atoms with Gasteiger partial charge in [0.1, 0.15) is 12.0 Å². The molecule has 0 amide bonds. The Bertz CT molecular complexity index is 759. The first-order valence-electron chi connectivity index (χ1n) is 6.75. The van der Waals surface area contributed by atoms with Crippen LogP contribution in [0.3, 0.4) is 0 Å². The molecule has 1 N–H and O–H groups in total. The summed E-state index contributed by atoms with van der Waals surface area (Å²) in [5.74, 6) is 0.0572. The van der Waals surface area contributed by atoms with Crippen molar-refractivity contribution in [1.82, 2.24) is 4.90 Å². The summed E-state index contributed by atoms with van der Waals surface area (Å²) in [4.78, 5) is 13.4. The molecule has 0 aliphatic carbocycles. The van der Waals surface area contributed by atoms with Gasteiger partial charge in [-0.05, 0) is 17.7 Å². The summed E-state index contributed by atoms with van der Waals surface area (Å²) in [6, 6.07) is 10.7. The average Bonchev–Trinajstić information content (AvgIpc) is 2.51. The Morgan fingerprint density at radius 3 is 2.86 bits per heavy atom. The van der Waals surface area contributed by atoms with E-state index in [0.29, 0.717) is 31.0 Å². The van der Waals surface area contributed by atoms with E-state index in [2.05, 4.69) is 12.6 Å². The minimum atomic E-state index is -0.466. The predicted molar refractivity (Wildman–Crippen MR) is 82.1 cm³/mol. The number of hydrogen-bond acceptors (Lipinski definition) is 5. The standard InChI is InChI=1S/C17H16N2O3/c1-2-6-19(10-14-5-3-4-13(7-14)9-18)11-15-8-16(20)17(21)12-22-15/h2-5,7-8,12,21H,1,6,10-11H2. The summed E-state index contributed by atoms with van der Waals surface area (Å²) in [6.07, 6.45) is 2.80. The van der Waals surface area contributed by atoms with Gasteiger partial charge in [0.25, 0.3) is 0 Å². The first kappa shape index (κ1) is 15.5. The third-order valence-electron chi connectivity index (χ3n) is 3.10. The van der Waals surface area contributed by atoms with Gasteiger partial charge in [-0.25, -0.2) is 0 Å². The number of rotatable bonds is 6. The molecule has 0 aliphatic heterocycles. The van der Waals surface area contributed by atoms with Crippen molar-refractivity contribution in [3.8, 4) is 11.8 Å². The van der Waals surface area contributed by atoms with E-state index in [1.807, 2.05) is 23.1 Å². The summed E-state index contributed by atoms with van der Waals surface area (Å²) < 4.78 is 5.22. The van der Waals surface area contributed by atoms with E-state index in [-0.39, 0.29) is 0 Å². The number of aromatic hydroxyl groups is 1. The Balaban J connectivity index is 2.15. The average molecular weight is 296 g/mol. The maximum atomic E-state index is 11.4. The molecular weight excluding hydrogens is 280 g/mol. The zero-order chi connectivity index (χ0) is 15.9. The molecule has 0 radical (unpaired) electrons. The third kappa shape index (κ3) is 4.08. The van der Waals surface area contributed by atoms with Crippen LogP contribution in [0.2, 0.25) is 0 Å². The Labute approximate surface area is 128 Å². The first-order chi connectivity index (χ1) is 10.6. The highest BCUT2D eigenvalue weighted by atomic mass is 16.4. The second-order valence-corrected chi connectivity index (χ2v) is 4.87. The quantitative estimate of drug-likeness (QED) is 0.828. The fraction of sp³-hybridized carbons (Fsp3) is 0.176. The molecule has 1 aromatic heterocycles. The molecule has 5 nitrogen and oxygen atoms in total. The predicted octanol–water partition coefficient (Wildman–Crippen LogP) is 2.41. The number of nitriles is 1. The van der Waals surface area contributed by atoms with Crippen LogP contribution in [-0.4, -0.2) is 16.6 Å². The molecule has 1 heterocycles. The highest BCUT2D eigenvalue weighted by Crippen LogP contribution is 2.12. The Morgan fingerprint density at radius 1 is 1.36 bits per heavy atom. The molecule has 0 spiro atoms. The van der Waals surface area contributed by atoms with Crippen LogP contribution in [0.25, 0.3) is 0 Å². The molecule has 0 fully saturated rings. The van der Waals surface area contributed by atoms with Crippen LogP contribution in [-0.2, 0) is 13.1 Å². The van der Waals surface area contributed by atoms with Crippen molar-refractivity contribution in [2.24, 2.45) is 0 Å². The summed E-state index contributed by atoms with van der Waals surface area (Å²) in [7, 11) is 0. The largest absolute Gasteiger partial charge is 0.502 e. The van der Waals surface area contributed by atoms with E-state index in [4.69, 9.17) is 9.68 Å². The molecule has 112 valence electrons. The fourth-order valence-corrected chi connectivity index (χ4v) is 2.11. The van der Waals surface area contributed by atoms with Gasteiger partial charge >= 0.3 is 0 Å². The molecule has 2 rings (SSSR count). The molecule has 0 saturated carbocycles. The lowest BCUT2D eigenvalue weighted by molar-refractivity contribution is 0.255. The molecule has 0 atom stereocenters. The highest BCUT2D eigenvalue weighted by molar-refractivity contribution is 5.32. The number of benzene rings is 1. The Kier molecular flexibility index (Phi) is 5.12. The van der Waals surface area contributed by atoms with Crippen molar-refractivity contribution in [2.75, 3.05) is 6.54 Å². The fourth-order valence-electron chi connectivity index (χ4n) is 2.11. The first-order valence-corrected chi connectivity index (χ1v) is 6.75. The van der Waals surface area contributed by atoms with Crippen molar-refractivity contribution >= 4 is 0 Å². The van der Waals surface area contributed by atoms with Crippen LogP contribution < -0.4 is 5.43 Å². The van der Waals surface area contributed by atoms with Gasteiger partial charge in [-0.15, -0.1) is 6.58 Å². The van der Waals surface area contributed by atoms with Crippen LogP contribution in [0.1, 0.15) is 16.9 Å². The molecule has 0 unspecified atom stereocenters. The van der Waals surface area contributed by atoms with Gasteiger partial charge in [-0.2, -0.15) is 5.26 Å². The van der Waals surface area contributed by atoms with Crippen molar-refractivity contribution < 1.29 is 9.52 Å². The van der Waals surface area contributed by atoms with Crippen molar-refractivity contribution in [2.45, 2.75) is 13.1 Å². The highest BCUT2D eigenvalue weighted by Gasteiger charge is 2.09. The summed E-state index contributed by atoms with van der Waals surface area (Å²) in [5.41, 5.74) is 1.13. The lowest BCUT2D eigenvalue weighted by Gasteiger charge is -2.20. The minimum absolute atomic E-state index is 0.401. The minimum Gasteiger partial charge on any atom is -0.502 e. The zero-order valence-electron chi connectivity index (χ0n) is 12.0. The van der Waals surface area contributed by atoms with Crippen LogP contribution in [0.4, 0.5) is 0 Å². The van der Waals surface area contributed by atoms with Crippen LogP contribution >= 0.6 is 0 Å². The van der Waals surface area contributed by atoms with Crippen LogP contribution in [0.5, 0.6) is 5.75 Å². The monoisotopic (exact) mass is 296 g/mol. The third-order valence-corrected chi connectivity index (χ3v) is 3.10. The number of nitrogens with zero attached hydrogens (tertiary/aromatic N) is 2. The van der Waals surface area contributed by atoms with Crippen molar-refractivity contribution in [3.05, 3.63) is 76.4 Å². The van der Waals surface area contributed by atoms with Gasteiger partial charge in [0.05, 0.1) is 18.2 Å². The van der Waals surface area contributed by atoms with E-state index < -0.39 is 11.2 Å². The van der Waals surface area contributed by atoms with Gasteiger partial charge in [0.2, 0.25) is 5.43 Å². The molecule has 0 saturated heterocycles. The molecule has 5 heteroatoms. The van der Waals surface area contributed by atoms with E-state index in [1.165, 1.54) is 6.07 Å². The van der Waals surface area contributed by atoms with Gasteiger partial charge < -0.3 is 9.52 Å². The van der Waals surface area contributed by atoms with Gasteiger partial charge in [0, 0.05) is 19.2 Å². The zero-order valence-corrected chi connectivity index (χ0v) is 12.0. The van der Waals surface area contributed by atoms with Gasteiger partial charge in [-0.1, -0.05) is 18.2 Å². The molecule has 0 bridgehead atoms. The van der Waals surface area contributed by atoms with E-state index >= 15 is 0 Å². The maximum absolute atomic E-state index is 11.4. The van der Waals surface area contributed by atoms with Crippen LogP contribution in [0, 0.1) is 11.3 Å². The molecule has 0 aliphatic rings. The van der Waals surface area contributed by atoms with E-state index in [0.717, 1.165) is 11.8 Å².